The van der Waals surface area contributed by atoms with Crippen molar-refractivity contribution in [2.24, 2.45) is 0 Å². The molecule has 3 heteroatoms. The minimum Gasteiger partial charge on any atom is -0.346 e. The normalized spacial score (nSPS) is 13.3. The number of alkyl halides is 1. The lowest BCUT2D eigenvalue weighted by atomic mass is 9.98. The molecule has 0 heterocycles. The van der Waals surface area contributed by atoms with Crippen LogP contribution in [0.15, 0.2) is 18.2 Å². The second kappa shape index (κ2) is 5.21. The lowest BCUT2D eigenvalue weighted by Gasteiger charge is -2.29. The first-order valence-electron chi connectivity index (χ1n) is 5.78. The Morgan fingerprint density at radius 3 is 2.47 bits per heavy atom. The zero-order valence-corrected chi connectivity index (χ0v) is 12.7. The highest BCUT2D eigenvalue weighted by Crippen LogP contribution is 2.19. The van der Waals surface area contributed by atoms with Gasteiger partial charge in [0.1, 0.15) is 0 Å². The summed E-state index contributed by atoms with van der Waals surface area (Å²) in [6, 6.07) is 5.80. The summed E-state index contributed by atoms with van der Waals surface area (Å²) in [5.41, 5.74) is 2.67. The van der Waals surface area contributed by atoms with E-state index in [1.165, 1.54) is 0 Å². The Labute approximate surface area is 112 Å². The van der Waals surface area contributed by atoms with Gasteiger partial charge >= 0.3 is 0 Å². The van der Waals surface area contributed by atoms with E-state index in [0.29, 0.717) is 0 Å². The molecule has 1 aromatic carbocycles. The van der Waals surface area contributed by atoms with Crippen LogP contribution in [0.4, 0.5) is 0 Å². The molecule has 0 saturated heterocycles. The monoisotopic (exact) mass is 297 g/mol. The van der Waals surface area contributed by atoms with Gasteiger partial charge in [0.2, 0.25) is 0 Å². The van der Waals surface area contributed by atoms with E-state index in [1.54, 1.807) is 0 Å². The Bertz CT molecular complexity index is 424. The lowest BCUT2D eigenvalue weighted by molar-refractivity contribution is 0.0913. The summed E-state index contributed by atoms with van der Waals surface area (Å²) in [7, 11) is 0. The van der Waals surface area contributed by atoms with E-state index in [1.807, 2.05) is 52.8 Å². The minimum absolute atomic E-state index is 0.0116. The fraction of sp³-hybridized carbons (Fsp3) is 0.500. The summed E-state index contributed by atoms with van der Waals surface area (Å²) >= 11 is 3.52. The molecule has 0 aromatic heterocycles. The molecule has 0 aliphatic rings. The lowest BCUT2D eigenvalue weighted by Crippen LogP contribution is -2.49. The zero-order chi connectivity index (χ0) is 13.2. The van der Waals surface area contributed by atoms with Crippen LogP contribution in [0.1, 0.15) is 42.3 Å². The van der Waals surface area contributed by atoms with Gasteiger partial charge in [-0.05, 0) is 44.9 Å². The molecule has 0 bridgehead atoms. The molecule has 2 nitrogen and oxygen atoms in total. The van der Waals surface area contributed by atoms with Crippen molar-refractivity contribution in [3.05, 3.63) is 34.9 Å². The topological polar surface area (TPSA) is 29.1 Å². The van der Waals surface area contributed by atoms with E-state index in [2.05, 4.69) is 21.2 Å². The van der Waals surface area contributed by atoms with Gasteiger partial charge in [-0.3, -0.25) is 4.79 Å². The number of halogens is 1. The molecule has 1 amide bonds. The number of rotatable bonds is 3. The van der Waals surface area contributed by atoms with E-state index in [4.69, 9.17) is 0 Å². The molecule has 0 aliphatic heterocycles. The van der Waals surface area contributed by atoms with Gasteiger partial charge in [0.25, 0.3) is 5.91 Å². The average molecular weight is 298 g/mol. The number of aryl methyl sites for hydroxylation is 1. The van der Waals surface area contributed by atoms with Gasteiger partial charge in [-0.2, -0.15) is 0 Å². The van der Waals surface area contributed by atoms with Crippen LogP contribution in [0.25, 0.3) is 0 Å². The fourth-order valence-corrected chi connectivity index (χ4v) is 1.57. The first kappa shape index (κ1) is 14.2. The smallest absolute Gasteiger partial charge is 0.252 e. The molecule has 94 valence electrons. The molecule has 1 aromatic rings. The van der Waals surface area contributed by atoms with E-state index in [0.717, 1.165) is 16.7 Å². The Hall–Kier alpha value is -0.830. The maximum Gasteiger partial charge on any atom is 0.252 e. The Balaban J connectivity index is 2.95. The second-order valence-corrected chi connectivity index (χ2v) is 6.41. The van der Waals surface area contributed by atoms with Crippen molar-refractivity contribution in [1.82, 2.24) is 5.32 Å². The number of hydrogen-bond acceptors (Lipinski definition) is 1. The van der Waals surface area contributed by atoms with Gasteiger partial charge in [-0.1, -0.05) is 35.0 Å². The van der Waals surface area contributed by atoms with Crippen LogP contribution >= 0.6 is 15.9 Å². The third-order valence-corrected chi connectivity index (χ3v) is 4.42. The van der Waals surface area contributed by atoms with Crippen LogP contribution in [0.3, 0.4) is 0 Å². The van der Waals surface area contributed by atoms with E-state index in [-0.39, 0.29) is 16.3 Å². The molecule has 0 fully saturated rings. The number of nitrogens with one attached hydrogen (secondary N) is 1. The standard InChI is InChI=1S/C14H20BrNO/c1-9-7-6-8-12(10(9)2)13(17)16-14(4,5)11(3)15/h6-8,11H,1-5H3,(H,16,17). The quantitative estimate of drug-likeness (QED) is 0.849. The summed E-state index contributed by atoms with van der Waals surface area (Å²) in [6.07, 6.45) is 0. The molecule has 0 spiro atoms. The molecule has 0 aliphatic carbocycles. The summed E-state index contributed by atoms with van der Waals surface area (Å²) in [4.78, 5) is 12.4. The van der Waals surface area contributed by atoms with Crippen molar-refractivity contribution in [1.29, 1.82) is 0 Å². The third-order valence-electron chi connectivity index (χ3n) is 3.28. The summed E-state index contributed by atoms with van der Waals surface area (Å²) in [5.74, 6) is -0.0116. The number of carbonyl (C=O) groups excluding carboxylic acids is 1. The third kappa shape index (κ3) is 3.32. The van der Waals surface area contributed by atoms with Crippen LogP contribution in [0, 0.1) is 13.8 Å². The van der Waals surface area contributed by atoms with Crippen LogP contribution in [-0.2, 0) is 0 Å². The first-order valence-corrected chi connectivity index (χ1v) is 6.70. The number of hydrogen-bond donors (Lipinski definition) is 1. The van der Waals surface area contributed by atoms with Gasteiger partial charge in [0.05, 0.1) is 0 Å². The van der Waals surface area contributed by atoms with Crippen LogP contribution in [0.5, 0.6) is 0 Å². The van der Waals surface area contributed by atoms with Gasteiger partial charge in [-0.15, -0.1) is 0 Å². The van der Waals surface area contributed by atoms with Crippen molar-refractivity contribution in [2.75, 3.05) is 0 Å². The SMILES string of the molecule is Cc1cccc(C(=O)NC(C)(C)C(C)Br)c1C. The summed E-state index contributed by atoms with van der Waals surface area (Å²) in [6.45, 7) is 10.0. The van der Waals surface area contributed by atoms with Gasteiger partial charge in [-0.25, -0.2) is 0 Å². The van der Waals surface area contributed by atoms with Gasteiger partial charge in [0, 0.05) is 15.9 Å². The van der Waals surface area contributed by atoms with Crippen molar-refractivity contribution in [2.45, 2.75) is 45.0 Å². The molecule has 17 heavy (non-hydrogen) atoms. The predicted octanol–water partition coefficient (Wildman–Crippen LogP) is 3.60. The first-order chi connectivity index (χ1) is 7.75. The van der Waals surface area contributed by atoms with Crippen LogP contribution in [-0.4, -0.2) is 16.3 Å². The zero-order valence-electron chi connectivity index (χ0n) is 11.1. The van der Waals surface area contributed by atoms with E-state index < -0.39 is 0 Å². The van der Waals surface area contributed by atoms with Crippen molar-refractivity contribution >= 4 is 21.8 Å². The minimum atomic E-state index is -0.271. The van der Waals surface area contributed by atoms with Gasteiger partial charge < -0.3 is 5.32 Å². The molecular weight excluding hydrogens is 278 g/mol. The number of benzene rings is 1. The van der Waals surface area contributed by atoms with Crippen molar-refractivity contribution < 1.29 is 4.79 Å². The molecule has 1 rings (SSSR count). The van der Waals surface area contributed by atoms with Crippen LogP contribution < -0.4 is 5.32 Å². The second-order valence-electron chi connectivity index (χ2n) is 5.04. The fourth-order valence-electron chi connectivity index (χ4n) is 1.46. The van der Waals surface area contributed by atoms with Crippen molar-refractivity contribution in [3.63, 3.8) is 0 Å². The maximum absolute atomic E-state index is 12.2. The molecule has 1 atom stereocenters. The van der Waals surface area contributed by atoms with E-state index in [9.17, 15) is 4.79 Å². The largest absolute Gasteiger partial charge is 0.346 e. The Morgan fingerprint density at radius 2 is 1.94 bits per heavy atom. The number of amides is 1. The Morgan fingerprint density at radius 1 is 1.35 bits per heavy atom. The number of carbonyl (C=O) groups is 1. The molecule has 0 radical (unpaired) electrons. The summed E-state index contributed by atoms with van der Waals surface area (Å²) in [5, 5.41) is 3.05. The maximum atomic E-state index is 12.2. The van der Waals surface area contributed by atoms with Crippen LogP contribution in [0.2, 0.25) is 0 Å². The average Bonchev–Trinajstić information content (AvgIpc) is 2.21. The highest BCUT2D eigenvalue weighted by molar-refractivity contribution is 9.09. The van der Waals surface area contributed by atoms with Crippen molar-refractivity contribution in [3.8, 4) is 0 Å². The Kier molecular flexibility index (Phi) is 4.36. The molecular formula is C14H20BrNO. The molecule has 1 unspecified atom stereocenters. The summed E-state index contributed by atoms with van der Waals surface area (Å²) < 4.78 is 0. The molecule has 0 saturated carbocycles. The highest BCUT2D eigenvalue weighted by Gasteiger charge is 2.26. The van der Waals surface area contributed by atoms with E-state index >= 15 is 0 Å². The predicted molar refractivity (Wildman–Crippen MR) is 75.9 cm³/mol. The highest BCUT2D eigenvalue weighted by atomic mass is 79.9. The van der Waals surface area contributed by atoms with Gasteiger partial charge in [0.15, 0.2) is 0 Å². The molecule has 1 N–H and O–H groups in total.